The maximum Gasteiger partial charge on any atom is 0.240 e. The average Bonchev–Trinajstić information content (AvgIpc) is 3.29. The molecule has 1 aliphatic carbocycles. The van der Waals surface area contributed by atoms with Crippen LogP contribution in [0.5, 0.6) is 0 Å². The first-order chi connectivity index (χ1) is 9.96. The second-order valence-electron chi connectivity index (χ2n) is 5.99. The predicted molar refractivity (Wildman–Crippen MR) is 85.4 cm³/mol. The first-order valence-corrected chi connectivity index (χ1v) is 9.32. The van der Waals surface area contributed by atoms with Gasteiger partial charge in [0.25, 0.3) is 0 Å². The van der Waals surface area contributed by atoms with E-state index in [-0.39, 0.29) is 12.1 Å². The molecule has 0 aliphatic heterocycles. The van der Waals surface area contributed by atoms with Crippen LogP contribution in [0.15, 0.2) is 29.2 Å². The first-order valence-electron chi connectivity index (χ1n) is 7.84. The summed E-state index contributed by atoms with van der Waals surface area (Å²) in [6.07, 6.45) is 5.03. The molecular formula is C16H26N2O2S. The van der Waals surface area contributed by atoms with E-state index in [1.165, 1.54) is 12.8 Å². The van der Waals surface area contributed by atoms with Gasteiger partial charge in [-0.15, -0.1) is 0 Å². The van der Waals surface area contributed by atoms with E-state index in [9.17, 15) is 8.42 Å². The van der Waals surface area contributed by atoms with Crippen LogP contribution < -0.4 is 10.5 Å². The van der Waals surface area contributed by atoms with Crippen LogP contribution in [0.1, 0.15) is 57.6 Å². The SMILES string of the molecule is CCC(CC1CC1)NS(=O)(=O)c1cccc(C(N)CC)c1. The van der Waals surface area contributed by atoms with E-state index in [1.54, 1.807) is 18.2 Å². The maximum absolute atomic E-state index is 12.5. The van der Waals surface area contributed by atoms with Crippen molar-refractivity contribution in [3.05, 3.63) is 29.8 Å². The van der Waals surface area contributed by atoms with Crippen LogP contribution >= 0.6 is 0 Å². The molecule has 5 heteroatoms. The quantitative estimate of drug-likeness (QED) is 0.775. The number of hydrogen-bond acceptors (Lipinski definition) is 3. The van der Waals surface area contributed by atoms with E-state index in [1.807, 2.05) is 19.9 Å². The molecule has 0 radical (unpaired) electrons. The van der Waals surface area contributed by atoms with Crippen molar-refractivity contribution in [2.75, 3.05) is 0 Å². The van der Waals surface area contributed by atoms with E-state index in [0.29, 0.717) is 10.8 Å². The van der Waals surface area contributed by atoms with Gasteiger partial charge in [-0.25, -0.2) is 13.1 Å². The topological polar surface area (TPSA) is 72.2 Å². The van der Waals surface area contributed by atoms with Crippen LogP contribution in [-0.4, -0.2) is 14.5 Å². The molecule has 3 N–H and O–H groups in total. The fourth-order valence-electron chi connectivity index (χ4n) is 2.49. The van der Waals surface area contributed by atoms with Crippen LogP contribution in [-0.2, 0) is 10.0 Å². The van der Waals surface area contributed by atoms with Gasteiger partial charge in [-0.1, -0.05) is 38.8 Å². The molecule has 118 valence electrons. The van der Waals surface area contributed by atoms with E-state index >= 15 is 0 Å². The summed E-state index contributed by atoms with van der Waals surface area (Å²) in [6.45, 7) is 4.02. The Labute approximate surface area is 128 Å². The Morgan fingerprint density at radius 2 is 2.00 bits per heavy atom. The molecule has 2 rings (SSSR count). The summed E-state index contributed by atoms with van der Waals surface area (Å²) in [7, 11) is -3.46. The summed E-state index contributed by atoms with van der Waals surface area (Å²) in [5.74, 6) is 0.706. The zero-order chi connectivity index (χ0) is 15.5. The van der Waals surface area contributed by atoms with Crippen molar-refractivity contribution in [1.29, 1.82) is 0 Å². The number of benzene rings is 1. The zero-order valence-corrected chi connectivity index (χ0v) is 13.7. The third-order valence-electron chi connectivity index (χ3n) is 4.17. The molecular weight excluding hydrogens is 284 g/mol. The maximum atomic E-state index is 12.5. The van der Waals surface area contributed by atoms with E-state index in [4.69, 9.17) is 5.73 Å². The Bertz CT molecular complexity index is 567. The van der Waals surface area contributed by atoms with Crippen LogP contribution in [0.2, 0.25) is 0 Å². The Morgan fingerprint density at radius 1 is 1.29 bits per heavy atom. The van der Waals surface area contributed by atoms with Gasteiger partial charge in [-0.2, -0.15) is 0 Å². The summed E-state index contributed by atoms with van der Waals surface area (Å²) in [5.41, 5.74) is 6.86. The molecule has 1 aromatic rings. The highest BCUT2D eigenvalue weighted by molar-refractivity contribution is 7.89. The molecule has 1 aromatic carbocycles. The molecule has 0 amide bonds. The standard InChI is InChI=1S/C16H26N2O2S/c1-3-14(10-12-8-9-12)18-21(19,20)15-7-5-6-13(11-15)16(17)4-2/h5-7,11-12,14,16,18H,3-4,8-10,17H2,1-2H3. The number of rotatable bonds is 8. The molecule has 4 nitrogen and oxygen atoms in total. The van der Waals surface area contributed by atoms with Gasteiger partial charge in [0.05, 0.1) is 4.90 Å². The van der Waals surface area contributed by atoms with Crippen molar-refractivity contribution in [1.82, 2.24) is 4.72 Å². The van der Waals surface area contributed by atoms with Gasteiger partial charge in [-0.05, 0) is 42.9 Å². The molecule has 0 aromatic heterocycles. The highest BCUT2D eigenvalue weighted by Crippen LogP contribution is 2.34. The zero-order valence-electron chi connectivity index (χ0n) is 12.9. The smallest absolute Gasteiger partial charge is 0.240 e. The molecule has 0 spiro atoms. The van der Waals surface area contributed by atoms with E-state index < -0.39 is 10.0 Å². The molecule has 1 fully saturated rings. The normalized spacial score (nSPS) is 18.4. The minimum absolute atomic E-state index is 0.0333. The summed E-state index contributed by atoms with van der Waals surface area (Å²) in [6, 6.07) is 6.90. The second kappa shape index (κ2) is 6.90. The van der Waals surface area contributed by atoms with Crippen molar-refractivity contribution in [2.45, 2.75) is 62.9 Å². The molecule has 0 heterocycles. The lowest BCUT2D eigenvalue weighted by atomic mass is 10.1. The van der Waals surface area contributed by atoms with Gasteiger partial charge in [0.2, 0.25) is 10.0 Å². The van der Waals surface area contributed by atoms with Crippen LogP contribution in [0, 0.1) is 5.92 Å². The third-order valence-corrected chi connectivity index (χ3v) is 5.68. The molecule has 2 atom stereocenters. The van der Waals surface area contributed by atoms with Crippen molar-refractivity contribution < 1.29 is 8.42 Å². The van der Waals surface area contributed by atoms with Crippen molar-refractivity contribution in [2.24, 2.45) is 11.7 Å². The molecule has 21 heavy (non-hydrogen) atoms. The van der Waals surface area contributed by atoms with Crippen molar-refractivity contribution in [3.8, 4) is 0 Å². The second-order valence-corrected chi connectivity index (χ2v) is 7.71. The Hall–Kier alpha value is -0.910. The van der Waals surface area contributed by atoms with Crippen molar-refractivity contribution in [3.63, 3.8) is 0 Å². The molecule has 2 unspecified atom stereocenters. The summed E-state index contributed by atoms with van der Waals surface area (Å²) in [4.78, 5) is 0.318. The van der Waals surface area contributed by atoms with Gasteiger partial charge in [0.15, 0.2) is 0 Å². The van der Waals surface area contributed by atoms with Crippen molar-refractivity contribution >= 4 is 10.0 Å². The average molecular weight is 310 g/mol. The molecule has 0 saturated heterocycles. The number of sulfonamides is 1. The van der Waals surface area contributed by atoms with Gasteiger partial charge >= 0.3 is 0 Å². The Kier molecular flexibility index (Phi) is 5.41. The fraction of sp³-hybridized carbons (Fsp3) is 0.625. The highest BCUT2D eigenvalue weighted by Gasteiger charge is 2.27. The predicted octanol–water partition coefficient (Wildman–Crippen LogP) is 2.95. The lowest BCUT2D eigenvalue weighted by molar-refractivity contribution is 0.495. The highest BCUT2D eigenvalue weighted by atomic mass is 32.2. The van der Waals surface area contributed by atoms with Crippen LogP contribution in [0.25, 0.3) is 0 Å². The van der Waals surface area contributed by atoms with Gasteiger partial charge in [-0.3, -0.25) is 0 Å². The largest absolute Gasteiger partial charge is 0.324 e. The monoisotopic (exact) mass is 310 g/mol. The fourth-order valence-corrected chi connectivity index (χ4v) is 3.88. The molecule has 1 aliphatic rings. The molecule has 0 bridgehead atoms. The van der Waals surface area contributed by atoms with Crippen LogP contribution in [0.3, 0.4) is 0 Å². The third kappa shape index (κ3) is 4.53. The summed E-state index contributed by atoms with van der Waals surface area (Å²) < 4.78 is 27.9. The van der Waals surface area contributed by atoms with E-state index in [0.717, 1.165) is 24.8 Å². The number of nitrogens with one attached hydrogen (secondary N) is 1. The Balaban J connectivity index is 2.13. The van der Waals surface area contributed by atoms with Gasteiger partial charge < -0.3 is 5.73 Å². The van der Waals surface area contributed by atoms with E-state index in [2.05, 4.69) is 4.72 Å². The van der Waals surface area contributed by atoms with Gasteiger partial charge in [0.1, 0.15) is 0 Å². The minimum atomic E-state index is -3.46. The summed E-state index contributed by atoms with van der Waals surface area (Å²) >= 11 is 0. The van der Waals surface area contributed by atoms with Gasteiger partial charge in [0, 0.05) is 12.1 Å². The lowest BCUT2D eigenvalue weighted by Gasteiger charge is -2.18. The lowest BCUT2D eigenvalue weighted by Crippen LogP contribution is -2.34. The minimum Gasteiger partial charge on any atom is -0.324 e. The van der Waals surface area contributed by atoms with Crippen LogP contribution in [0.4, 0.5) is 0 Å². The number of hydrogen-bond donors (Lipinski definition) is 2. The molecule has 1 saturated carbocycles. The summed E-state index contributed by atoms with van der Waals surface area (Å²) in [5, 5.41) is 0. The number of nitrogens with two attached hydrogens (primary N) is 1. The first kappa shape index (κ1) is 16.5. The Morgan fingerprint density at radius 3 is 2.57 bits per heavy atom.